The van der Waals surface area contributed by atoms with E-state index in [1.807, 2.05) is 0 Å². The van der Waals surface area contributed by atoms with Crippen LogP contribution in [0.2, 0.25) is 10.0 Å². The van der Waals surface area contributed by atoms with Gasteiger partial charge in [0, 0.05) is 19.1 Å². The van der Waals surface area contributed by atoms with Gasteiger partial charge in [-0.15, -0.1) is 0 Å². The predicted octanol–water partition coefficient (Wildman–Crippen LogP) is 4.96. The van der Waals surface area contributed by atoms with Crippen LogP contribution in [0.3, 0.4) is 0 Å². The Morgan fingerprint density at radius 3 is 2.58 bits per heavy atom. The van der Waals surface area contributed by atoms with E-state index in [4.69, 9.17) is 23.2 Å². The lowest BCUT2D eigenvalue weighted by atomic mass is 10.00. The second-order valence-electron chi connectivity index (χ2n) is 8.22. The summed E-state index contributed by atoms with van der Waals surface area (Å²) in [6.07, 6.45) is 5.70. The van der Waals surface area contributed by atoms with Crippen molar-refractivity contribution in [3.63, 3.8) is 0 Å². The van der Waals surface area contributed by atoms with Gasteiger partial charge in [-0.3, -0.25) is 9.10 Å². The van der Waals surface area contributed by atoms with Gasteiger partial charge in [-0.05, 0) is 62.6 Å². The van der Waals surface area contributed by atoms with Crippen molar-refractivity contribution in [1.29, 1.82) is 0 Å². The summed E-state index contributed by atoms with van der Waals surface area (Å²) in [4.78, 5) is 15.3. The van der Waals surface area contributed by atoms with Gasteiger partial charge in [-0.2, -0.15) is 0 Å². The van der Waals surface area contributed by atoms with E-state index in [2.05, 4.69) is 17.1 Å². The van der Waals surface area contributed by atoms with Gasteiger partial charge >= 0.3 is 0 Å². The standard InChI is InChI=1S/C24H31Cl2N3O3S/c1-2-19-9-6-7-15-28(19)16-8-14-27-24(30)18-29(20-12-13-22(25)23(26)17-20)33(31,32)21-10-4-3-5-11-21/h3-5,10-13,17,19H,2,6-9,14-16,18H2,1H3,(H,27,30). The number of hydrogen-bond acceptors (Lipinski definition) is 4. The van der Waals surface area contributed by atoms with Crippen LogP contribution >= 0.6 is 23.2 Å². The zero-order valence-corrected chi connectivity index (χ0v) is 21.2. The Morgan fingerprint density at radius 1 is 1.12 bits per heavy atom. The van der Waals surface area contributed by atoms with Gasteiger partial charge in [-0.1, -0.05) is 54.7 Å². The largest absolute Gasteiger partial charge is 0.354 e. The number of hydrogen-bond donors (Lipinski definition) is 1. The first-order valence-corrected chi connectivity index (χ1v) is 13.6. The SMILES string of the molecule is CCC1CCCCN1CCCNC(=O)CN(c1ccc(Cl)c(Cl)c1)S(=O)(=O)c1ccccc1. The molecule has 1 fully saturated rings. The average Bonchev–Trinajstić information content (AvgIpc) is 2.83. The number of piperidine rings is 1. The second-order valence-corrected chi connectivity index (χ2v) is 10.9. The van der Waals surface area contributed by atoms with Crippen LogP contribution in [0.5, 0.6) is 0 Å². The van der Waals surface area contributed by atoms with E-state index in [1.54, 1.807) is 24.3 Å². The number of halogens is 2. The molecule has 33 heavy (non-hydrogen) atoms. The molecule has 1 aliphatic rings. The van der Waals surface area contributed by atoms with Crippen LogP contribution in [-0.4, -0.2) is 51.4 Å². The van der Waals surface area contributed by atoms with Gasteiger partial charge in [0.05, 0.1) is 20.6 Å². The highest BCUT2D eigenvalue weighted by Crippen LogP contribution is 2.30. The molecule has 1 amide bonds. The van der Waals surface area contributed by atoms with E-state index in [1.165, 1.54) is 43.5 Å². The molecule has 1 heterocycles. The molecule has 3 rings (SSSR count). The Kier molecular flexibility index (Phi) is 9.44. The third kappa shape index (κ3) is 6.85. The molecular formula is C24H31Cl2N3O3S. The van der Waals surface area contributed by atoms with E-state index < -0.39 is 10.0 Å². The highest BCUT2D eigenvalue weighted by atomic mass is 35.5. The molecular weight excluding hydrogens is 481 g/mol. The average molecular weight is 513 g/mol. The van der Waals surface area contributed by atoms with Crippen LogP contribution in [0.15, 0.2) is 53.4 Å². The number of carbonyl (C=O) groups excluding carboxylic acids is 1. The van der Waals surface area contributed by atoms with Gasteiger partial charge in [0.1, 0.15) is 6.54 Å². The molecule has 180 valence electrons. The van der Waals surface area contributed by atoms with Crippen molar-refractivity contribution < 1.29 is 13.2 Å². The number of anilines is 1. The summed E-state index contributed by atoms with van der Waals surface area (Å²) in [5.41, 5.74) is 0.280. The number of amides is 1. The summed E-state index contributed by atoms with van der Waals surface area (Å²) in [5.74, 6) is -0.369. The van der Waals surface area contributed by atoms with Gasteiger partial charge in [0.2, 0.25) is 5.91 Å². The first-order valence-electron chi connectivity index (χ1n) is 11.4. The quantitative estimate of drug-likeness (QED) is 0.457. The lowest BCUT2D eigenvalue weighted by Crippen LogP contribution is -2.43. The molecule has 6 nitrogen and oxygen atoms in total. The Hall–Kier alpha value is -1.80. The maximum absolute atomic E-state index is 13.3. The highest BCUT2D eigenvalue weighted by Gasteiger charge is 2.27. The molecule has 2 aromatic rings. The van der Waals surface area contributed by atoms with E-state index in [0.29, 0.717) is 17.6 Å². The normalized spacial score (nSPS) is 17.0. The van der Waals surface area contributed by atoms with Crippen molar-refractivity contribution >= 4 is 44.8 Å². The second kappa shape index (κ2) is 12.1. The predicted molar refractivity (Wildman–Crippen MR) is 135 cm³/mol. The topological polar surface area (TPSA) is 69.7 Å². The van der Waals surface area contributed by atoms with Gasteiger partial charge in [-0.25, -0.2) is 8.42 Å². The van der Waals surface area contributed by atoms with E-state index in [-0.39, 0.29) is 28.1 Å². The third-order valence-corrected chi connectivity index (χ3v) is 8.50. The number of rotatable bonds is 10. The van der Waals surface area contributed by atoms with Crippen molar-refractivity contribution in [2.45, 2.75) is 50.0 Å². The summed E-state index contributed by atoms with van der Waals surface area (Å²) in [6, 6.07) is 13.2. The van der Waals surface area contributed by atoms with Crippen LogP contribution in [0, 0.1) is 0 Å². The van der Waals surface area contributed by atoms with E-state index >= 15 is 0 Å². The summed E-state index contributed by atoms with van der Waals surface area (Å²) in [6.45, 7) is 4.39. The highest BCUT2D eigenvalue weighted by molar-refractivity contribution is 7.92. The number of carbonyl (C=O) groups is 1. The zero-order chi connectivity index (χ0) is 23.8. The molecule has 0 aromatic heterocycles. The van der Waals surface area contributed by atoms with Crippen molar-refractivity contribution in [3.05, 3.63) is 58.6 Å². The van der Waals surface area contributed by atoms with Crippen molar-refractivity contribution in [3.8, 4) is 0 Å². The first kappa shape index (κ1) is 25.8. The van der Waals surface area contributed by atoms with Crippen molar-refractivity contribution in [1.82, 2.24) is 10.2 Å². The minimum Gasteiger partial charge on any atom is -0.354 e. The number of sulfonamides is 1. The lowest BCUT2D eigenvalue weighted by molar-refractivity contribution is -0.119. The fourth-order valence-electron chi connectivity index (χ4n) is 4.19. The molecule has 0 spiro atoms. The zero-order valence-electron chi connectivity index (χ0n) is 18.8. The number of likely N-dealkylation sites (tertiary alicyclic amines) is 1. The molecule has 2 aromatic carbocycles. The van der Waals surface area contributed by atoms with Crippen LogP contribution in [0.4, 0.5) is 5.69 Å². The third-order valence-electron chi connectivity index (χ3n) is 5.97. The number of benzene rings is 2. The Balaban J connectivity index is 1.67. The molecule has 0 radical (unpaired) electrons. The van der Waals surface area contributed by atoms with Crippen molar-refractivity contribution in [2.24, 2.45) is 0 Å². The minimum absolute atomic E-state index is 0.0968. The van der Waals surface area contributed by atoms with E-state index in [9.17, 15) is 13.2 Å². The molecule has 9 heteroatoms. The molecule has 0 saturated carbocycles. The molecule has 1 aliphatic heterocycles. The summed E-state index contributed by atoms with van der Waals surface area (Å²) in [5, 5.41) is 3.40. The van der Waals surface area contributed by atoms with Crippen LogP contribution in [0.25, 0.3) is 0 Å². The fraction of sp³-hybridized carbons (Fsp3) is 0.458. The van der Waals surface area contributed by atoms with Crippen molar-refractivity contribution in [2.75, 3.05) is 30.5 Å². The Labute approximate surface area is 206 Å². The molecule has 0 bridgehead atoms. The smallest absolute Gasteiger partial charge is 0.264 e. The van der Waals surface area contributed by atoms with Crippen LogP contribution in [-0.2, 0) is 14.8 Å². The van der Waals surface area contributed by atoms with Gasteiger partial charge < -0.3 is 10.2 Å². The molecule has 0 aliphatic carbocycles. The maximum Gasteiger partial charge on any atom is 0.264 e. The lowest BCUT2D eigenvalue weighted by Gasteiger charge is -2.35. The first-order chi connectivity index (χ1) is 15.8. The molecule has 1 atom stereocenters. The summed E-state index contributed by atoms with van der Waals surface area (Å²) >= 11 is 12.1. The summed E-state index contributed by atoms with van der Waals surface area (Å²) in [7, 11) is -3.97. The number of nitrogens with one attached hydrogen (secondary N) is 1. The minimum atomic E-state index is -3.97. The molecule has 1 unspecified atom stereocenters. The molecule has 1 saturated heterocycles. The van der Waals surface area contributed by atoms with Crippen LogP contribution < -0.4 is 9.62 Å². The Morgan fingerprint density at radius 2 is 1.88 bits per heavy atom. The molecule has 1 N–H and O–H groups in total. The van der Waals surface area contributed by atoms with Crippen LogP contribution in [0.1, 0.15) is 39.0 Å². The summed E-state index contributed by atoms with van der Waals surface area (Å²) < 4.78 is 27.7. The van der Waals surface area contributed by atoms with Gasteiger partial charge in [0.15, 0.2) is 0 Å². The maximum atomic E-state index is 13.3. The van der Waals surface area contributed by atoms with Gasteiger partial charge in [0.25, 0.3) is 10.0 Å². The Bertz CT molecular complexity index is 1030. The monoisotopic (exact) mass is 511 g/mol. The van der Waals surface area contributed by atoms with E-state index in [0.717, 1.165) is 30.2 Å². The fourth-order valence-corrected chi connectivity index (χ4v) is 5.91. The number of nitrogens with zero attached hydrogens (tertiary/aromatic N) is 2.